The van der Waals surface area contributed by atoms with E-state index >= 15 is 0 Å². The Morgan fingerprint density at radius 1 is 1.46 bits per heavy atom. The van der Waals surface area contributed by atoms with Crippen molar-refractivity contribution < 1.29 is 4.39 Å². The van der Waals surface area contributed by atoms with Crippen LogP contribution >= 0.6 is 0 Å². The van der Waals surface area contributed by atoms with Gasteiger partial charge in [-0.2, -0.15) is 5.26 Å². The number of nitrogens with zero attached hydrogens (tertiary/aromatic N) is 1. The lowest BCUT2D eigenvalue weighted by Crippen LogP contribution is -2.19. The third kappa shape index (κ3) is 2.29. The number of hydrogen-bond acceptors (Lipinski definition) is 3. The molecule has 3 N–H and O–H groups in total. The molecule has 1 aromatic rings. The molecule has 1 aromatic carbocycles. The van der Waals surface area contributed by atoms with Gasteiger partial charge in [-0.25, -0.2) is 4.39 Å². The van der Waals surface area contributed by atoms with E-state index in [1.165, 1.54) is 18.2 Å². The Kier molecular flexibility index (Phi) is 3.01. The minimum atomic E-state index is -0.322. The molecule has 66 valence electrons. The number of rotatable bonds is 2. The van der Waals surface area contributed by atoms with E-state index in [0.717, 1.165) is 0 Å². The molecule has 0 aliphatic carbocycles. The Morgan fingerprint density at radius 2 is 2.08 bits per heavy atom. The summed E-state index contributed by atoms with van der Waals surface area (Å²) in [5.74, 6) is 4.84. The Labute approximate surface area is 75.3 Å². The summed E-state index contributed by atoms with van der Waals surface area (Å²) in [6.07, 6.45) is 1.26. The maximum absolute atomic E-state index is 12.5. The predicted molar refractivity (Wildman–Crippen MR) is 47.3 cm³/mol. The maximum atomic E-state index is 12.5. The first-order valence-corrected chi connectivity index (χ1v) is 3.60. The van der Waals surface area contributed by atoms with Crippen LogP contribution in [-0.4, -0.2) is 0 Å². The van der Waals surface area contributed by atoms with Crippen molar-refractivity contribution in [3.05, 3.63) is 41.7 Å². The molecule has 1 rings (SSSR count). The molecule has 0 aromatic heterocycles. The van der Waals surface area contributed by atoms with Crippen LogP contribution in [0.2, 0.25) is 0 Å². The Balaban J connectivity index is 3.01. The zero-order valence-corrected chi connectivity index (χ0v) is 6.79. The van der Waals surface area contributed by atoms with Crippen molar-refractivity contribution in [2.45, 2.75) is 0 Å². The Morgan fingerprint density at radius 3 is 2.54 bits per heavy atom. The molecule has 0 bridgehead atoms. The van der Waals surface area contributed by atoms with Crippen LogP contribution in [0.5, 0.6) is 0 Å². The van der Waals surface area contributed by atoms with Crippen LogP contribution in [0.15, 0.2) is 30.3 Å². The van der Waals surface area contributed by atoms with Gasteiger partial charge < -0.3 is 5.43 Å². The average molecular weight is 177 g/mol. The first-order valence-electron chi connectivity index (χ1n) is 3.60. The van der Waals surface area contributed by atoms with Crippen molar-refractivity contribution in [1.29, 1.82) is 5.26 Å². The quantitative estimate of drug-likeness (QED) is 0.404. The molecule has 0 heterocycles. The van der Waals surface area contributed by atoms with Crippen LogP contribution in [0.4, 0.5) is 4.39 Å². The smallest absolute Gasteiger partial charge is 0.123 e. The minimum absolute atomic E-state index is 0.322. The Hall–Kier alpha value is -1.86. The second-order valence-corrected chi connectivity index (χ2v) is 2.34. The fourth-order valence-electron chi connectivity index (χ4n) is 0.902. The second-order valence-electron chi connectivity index (χ2n) is 2.34. The summed E-state index contributed by atoms with van der Waals surface area (Å²) < 4.78 is 12.5. The third-order valence-electron chi connectivity index (χ3n) is 1.52. The molecule has 0 spiro atoms. The van der Waals surface area contributed by atoms with Gasteiger partial charge in [0.1, 0.15) is 5.82 Å². The standard InChI is InChI=1S/C9H8FN3/c10-8-3-1-7(2-4-8)9(13-12)5-6-11/h1-5,13H,12H2/b9-5+. The van der Waals surface area contributed by atoms with Crippen LogP contribution in [0.3, 0.4) is 0 Å². The Bertz CT molecular complexity index is 348. The summed E-state index contributed by atoms with van der Waals surface area (Å²) in [6, 6.07) is 7.52. The average Bonchev–Trinajstić information content (AvgIpc) is 2.16. The molecule has 0 unspecified atom stereocenters. The van der Waals surface area contributed by atoms with Crippen molar-refractivity contribution in [3.8, 4) is 6.07 Å². The maximum Gasteiger partial charge on any atom is 0.123 e. The molecule has 0 aliphatic heterocycles. The van der Waals surface area contributed by atoms with E-state index in [9.17, 15) is 4.39 Å². The van der Waals surface area contributed by atoms with E-state index in [0.29, 0.717) is 11.3 Å². The highest BCUT2D eigenvalue weighted by molar-refractivity contribution is 5.65. The normalized spacial score (nSPS) is 10.7. The summed E-state index contributed by atoms with van der Waals surface area (Å²) >= 11 is 0. The topological polar surface area (TPSA) is 61.8 Å². The second kappa shape index (κ2) is 4.24. The highest BCUT2D eigenvalue weighted by Gasteiger charge is 1.98. The third-order valence-corrected chi connectivity index (χ3v) is 1.52. The van der Waals surface area contributed by atoms with E-state index < -0.39 is 0 Å². The van der Waals surface area contributed by atoms with Gasteiger partial charge in [-0.1, -0.05) is 0 Å². The van der Waals surface area contributed by atoms with Gasteiger partial charge in [0.05, 0.1) is 11.8 Å². The summed E-state index contributed by atoms with van der Waals surface area (Å²) in [7, 11) is 0. The number of allylic oxidation sites excluding steroid dienone is 1. The van der Waals surface area contributed by atoms with E-state index in [-0.39, 0.29) is 5.82 Å². The van der Waals surface area contributed by atoms with Gasteiger partial charge in [0.25, 0.3) is 0 Å². The van der Waals surface area contributed by atoms with Crippen molar-refractivity contribution in [1.82, 2.24) is 5.43 Å². The molecular formula is C9H8FN3. The van der Waals surface area contributed by atoms with Gasteiger partial charge >= 0.3 is 0 Å². The SMILES string of the molecule is N#C/C=C(/NN)c1ccc(F)cc1. The largest absolute Gasteiger partial charge is 0.323 e. The van der Waals surface area contributed by atoms with Crippen LogP contribution in [0.25, 0.3) is 5.70 Å². The number of hydrazine groups is 1. The van der Waals surface area contributed by atoms with Crippen molar-refractivity contribution in [2.75, 3.05) is 0 Å². The van der Waals surface area contributed by atoms with Gasteiger partial charge in [0.2, 0.25) is 0 Å². The zero-order valence-electron chi connectivity index (χ0n) is 6.79. The molecule has 0 aliphatic rings. The number of hydrogen-bond donors (Lipinski definition) is 2. The number of nitrogens with two attached hydrogens (primary N) is 1. The fraction of sp³-hybridized carbons (Fsp3) is 0. The molecular weight excluding hydrogens is 169 g/mol. The van der Waals surface area contributed by atoms with Gasteiger partial charge in [0.15, 0.2) is 0 Å². The highest BCUT2D eigenvalue weighted by Crippen LogP contribution is 2.10. The molecule has 0 saturated heterocycles. The van der Waals surface area contributed by atoms with Crippen LogP contribution in [-0.2, 0) is 0 Å². The summed E-state index contributed by atoms with van der Waals surface area (Å²) in [4.78, 5) is 0. The number of halogens is 1. The summed E-state index contributed by atoms with van der Waals surface area (Å²) in [6.45, 7) is 0. The van der Waals surface area contributed by atoms with Crippen molar-refractivity contribution in [2.24, 2.45) is 5.84 Å². The minimum Gasteiger partial charge on any atom is -0.323 e. The van der Waals surface area contributed by atoms with Crippen LogP contribution in [0, 0.1) is 17.1 Å². The lowest BCUT2D eigenvalue weighted by Gasteiger charge is -2.03. The van der Waals surface area contributed by atoms with Gasteiger partial charge in [-0.15, -0.1) is 0 Å². The fourth-order valence-corrected chi connectivity index (χ4v) is 0.902. The van der Waals surface area contributed by atoms with Crippen LogP contribution < -0.4 is 11.3 Å². The summed E-state index contributed by atoms with van der Waals surface area (Å²) in [5.41, 5.74) is 3.49. The van der Waals surface area contributed by atoms with E-state index in [2.05, 4.69) is 5.43 Å². The number of nitrogens with one attached hydrogen (secondary N) is 1. The number of benzene rings is 1. The zero-order chi connectivity index (χ0) is 9.68. The molecule has 4 heteroatoms. The lowest BCUT2D eigenvalue weighted by atomic mass is 10.1. The summed E-state index contributed by atoms with van der Waals surface area (Å²) in [5, 5.41) is 8.39. The van der Waals surface area contributed by atoms with E-state index in [1.807, 2.05) is 6.07 Å². The molecule has 0 saturated carbocycles. The van der Waals surface area contributed by atoms with Gasteiger partial charge in [-0.3, -0.25) is 5.84 Å². The number of nitriles is 1. The molecule has 0 radical (unpaired) electrons. The molecule has 0 amide bonds. The molecule has 0 atom stereocenters. The van der Waals surface area contributed by atoms with E-state index in [4.69, 9.17) is 11.1 Å². The van der Waals surface area contributed by atoms with Crippen molar-refractivity contribution in [3.63, 3.8) is 0 Å². The van der Waals surface area contributed by atoms with Gasteiger partial charge in [0, 0.05) is 6.08 Å². The predicted octanol–water partition coefficient (Wildman–Crippen LogP) is 1.15. The first kappa shape index (κ1) is 9.23. The van der Waals surface area contributed by atoms with Crippen LogP contribution in [0.1, 0.15) is 5.56 Å². The monoisotopic (exact) mass is 177 g/mol. The lowest BCUT2D eigenvalue weighted by molar-refractivity contribution is 0.627. The first-order chi connectivity index (χ1) is 6.27. The molecule has 13 heavy (non-hydrogen) atoms. The highest BCUT2D eigenvalue weighted by atomic mass is 19.1. The van der Waals surface area contributed by atoms with Gasteiger partial charge in [-0.05, 0) is 29.8 Å². The van der Waals surface area contributed by atoms with E-state index in [1.54, 1.807) is 12.1 Å². The molecule has 0 fully saturated rings. The van der Waals surface area contributed by atoms with Crippen molar-refractivity contribution >= 4 is 5.70 Å². The molecule has 3 nitrogen and oxygen atoms in total.